The van der Waals surface area contributed by atoms with Crippen molar-refractivity contribution in [3.8, 4) is 5.75 Å². The summed E-state index contributed by atoms with van der Waals surface area (Å²) >= 11 is 5.95. The van der Waals surface area contributed by atoms with E-state index in [1.807, 2.05) is 48.5 Å². The van der Waals surface area contributed by atoms with Crippen molar-refractivity contribution in [1.29, 1.82) is 0 Å². The quantitative estimate of drug-likeness (QED) is 0.793. The molecule has 0 fully saturated rings. The van der Waals surface area contributed by atoms with Crippen molar-refractivity contribution in [2.24, 2.45) is 0 Å². The number of fused-ring (bicyclic) bond motifs is 1. The van der Waals surface area contributed by atoms with Gasteiger partial charge in [-0.25, -0.2) is 0 Å². The lowest BCUT2D eigenvalue weighted by Gasteiger charge is -2.08. The van der Waals surface area contributed by atoms with Gasteiger partial charge in [-0.3, -0.25) is 4.98 Å². The number of nitrogens with zero attached hydrogens (tertiary/aromatic N) is 1. The van der Waals surface area contributed by atoms with Crippen molar-refractivity contribution in [3.63, 3.8) is 0 Å². The van der Waals surface area contributed by atoms with Crippen LogP contribution in [0, 0.1) is 0 Å². The number of aromatic nitrogens is 1. The summed E-state index contributed by atoms with van der Waals surface area (Å²) in [5, 5.41) is 10.8. The molecule has 0 aliphatic heterocycles. The number of halogens is 1. The van der Waals surface area contributed by atoms with Crippen molar-refractivity contribution in [2.45, 2.75) is 13.2 Å². The van der Waals surface area contributed by atoms with E-state index in [9.17, 15) is 0 Å². The van der Waals surface area contributed by atoms with Gasteiger partial charge in [0.1, 0.15) is 12.4 Å². The maximum Gasteiger partial charge on any atom is 0.122 e. The molecule has 0 aliphatic rings. The Labute approximate surface area is 127 Å². The Morgan fingerprint density at radius 1 is 1.05 bits per heavy atom. The summed E-state index contributed by atoms with van der Waals surface area (Å²) in [6.07, 6.45) is 1.67. The molecule has 0 unspecified atom stereocenters. The summed E-state index contributed by atoms with van der Waals surface area (Å²) in [5.74, 6) is 0.756. The van der Waals surface area contributed by atoms with E-state index < -0.39 is 0 Å². The number of hydrogen-bond donors (Lipinski definition) is 1. The molecular formula is C17H14ClNO2. The Morgan fingerprint density at radius 3 is 2.76 bits per heavy atom. The smallest absolute Gasteiger partial charge is 0.122 e. The number of aliphatic hydroxyl groups excluding tert-OH is 1. The SMILES string of the molecule is OCc1cnc2cc(OCc3cccc(Cl)c3)ccc2c1. The molecule has 1 heterocycles. The van der Waals surface area contributed by atoms with Crippen LogP contribution in [-0.4, -0.2) is 10.1 Å². The summed E-state index contributed by atoms with van der Waals surface area (Å²) in [6, 6.07) is 15.2. The molecule has 0 aliphatic carbocycles. The first-order chi connectivity index (χ1) is 10.2. The summed E-state index contributed by atoms with van der Waals surface area (Å²) in [6.45, 7) is 0.455. The first kappa shape index (κ1) is 13.9. The van der Waals surface area contributed by atoms with Crippen LogP contribution in [0.2, 0.25) is 5.02 Å². The van der Waals surface area contributed by atoms with Gasteiger partial charge in [0.25, 0.3) is 0 Å². The molecule has 0 atom stereocenters. The number of aliphatic hydroxyl groups is 1. The number of ether oxygens (including phenoxy) is 1. The number of rotatable bonds is 4. The minimum Gasteiger partial charge on any atom is -0.489 e. The van der Waals surface area contributed by atoms with Gasteiger partial charge in [0, 0.05) is 22.7 Å². The van der Waals surface area contributed by atoms with Gasteiger partial charge in [-0.05, 0) is 41.5 Å². The van der Waals surface area contributed by atoms with E-state index in [-0.39, 0.29) is 6.61 Å². The fraction of sp³-hybridized carbons (Fsp3) is 0.118. The van der Waals surface area contributed by atoms with Crippen LogP contribution in [0.25, 0.3) is 10.9 Å². The fourth-order valence-electron chi connectivity index (χ4n) is 2.12. The maximum absolute atomic E-state index is 9.11. The second-order valence-corrected chi connectivity index (χ2v) is 5.21. The Kier molecular flexibility index (Phi) is 4.04. The zero-order chi connectivity index (χ0) is 14.7. The highest BCUT2D eigenvalue weighted by Gasteiger charge is 2.01. The predicted molar refractivity (Wildman–Crippen MR) is 83.4 cm³/mol. The van der Waals surface area contributed by atoms with Crippen molar-refractivity contribution in [2.75, 3.05) is 0 Å². The first-order valence-corrected chi connectivity index (χ1v) is 6.99. The summed E-state index contributed by atoms with van der Waals surface area (Å²) in [7, 11) is 0. The molecule has 1 aromatic heterocycles. The summed E-state index contributed by atoms with van der Waals surface area (Å²) in [5.41, 5.74) is 2.66. The first-order valence-electron chi connectivity index (χ1n) is 6.61. The van der Waals surface area contributed by atoms with Gasteiger partial charge in [-0.15, -0.1) is 0 Å². The molecule has 0 saturated carbocycles. The van der Waals surface area contributed by atoms with Crippen LogP contribution < -0.4 is 4.74 Å². The van der Waals surface area contributed by atoms with E-state index in [1.54, 1.807) is 6.20 Å². The highest BCUT2D eigenvalue weighted by atomic mass is 35.5. The third-order valence-corrected chi connectivity index (χ3v) is 3.42. The van der Waals surface area contributed by atoms with Crippen molar-refractivity contribution in [1.82, 2.24) is 4.98 Å². The molecule has 0 amide bonds. The van der Waals surface area contributed by atoms with Gasteiger partial charge in [0.05, 0.1) is 12.1 Å². The number of pyridine rings is 1. The largest absolute Gasteiger partial charge is 0.489 e. The van der Waals surface area contributed by atoms with Crippen LogP contribution in [-0.2, 0) is 13.2 Å². The average molecular weight is 300 g/mol. The zero-order valence-corrected chi connectivity index (χ0v) is 12.0. The van der Waals surface area contributed by atoms with E-state index in [4.69, 9.17) is 21.4 Å². The van der Waals surface area contributed by atoms with Crippen molar-refractivity contribution >= 4 is 22.5 Å². The van der Waals surface area contributed by atoms with Crippen LogP contribution in [0.3, 0.4) is 0 Å². The summed E-state index contributed by atoms with van der Waals surface area (Å²) < 4.78 is 5.76. The fourth-order valence-corrected chi connectivity index (χ4v) is 2.33. The van der Waals surface area contributed by atoms with Gasteiger partial charge in [-0.2, -0.15) is 0 Å². The molecule has 3 nitrogen and oxygen atoms in total. The van der Waals surface area contributed by atoms with Gasteiger partial charge < -0.3 is 9.84 Å². The predicted octanol–water partition coefficient (Wildman–Crippen LogP) is 3.96. The number of benzene rings is 2. The van der Waals surface area contributed by atoms with Crippen molar-refractivity contribution < 1.29 is 9.84 Å². The Bertz CT molecular complexity index is 774. The highest BCUT2D eigenvalue weighted by Crippen LogP contribution is 2.21. The van der Waals surface area contributed by atoms with E-state index in [1.165, 1.54) is 0 Å². The molecule has 21 heavy (non-hydrogen) atoms. The molecule has 0 bridgehead atoms. The number of hydrogen-bond acceptors (Lipinski definition) is 3. The minimum absolute atomic E-state index is 0.00401. The molecule has 3 aromatic rings. The molecular weight excluding hydrogens is 286 g/mol. The average Bonchev–Trinajstić information content (AvgIpc) is 2.52. The Morgan fingerprint density at radius 2 is 1.95 bits per heavy atom. The lowest BCUT2D eigenvalue weighted by molar-refractivity contribution is 0.281. The van der Waals surface area contributed by atoms with Crippen LogP contribution in [0.1, 0.15) is 11.1 Å². The molecule has 0 saturated heterocycles. The van der Waals surface area contributed by atoms with Crippen LogP contribution in [0.15, 0.2) is 54.7 Å². The Balaban J connectivity index is 1.78. The second-order valence-electron chi connectivity index (χ2n) is 4.77. The Hall–Kier alpha value is -2.10. The molecule has 4 heteroatoms. The topological polar surface area (TPSA) is 42.4 Å². The van der Waals surface area contributed by atoms with Crippen LogP contribution in [0.4, 0.5) is 0 Å². The van der Waals surface area contributed by atoms with Gasteiger partial charge in [0.15, 0.2) is 0 Å². The van der Waals surface area contributed by atoms with E-state index in [0.717, 1.165) is 27.8 Å². The van der Waals surface area contributed by atoms with E-state index >= 15 is 0 Å². The maximum atomic E-state index is 9.11. The normalized spacial score (nSPS) is 10.8. The second kappa shape index (κ2) is 6.12. The third-order valence-electron chi connectivity index (χ3n) is 3.19. The van der Waals surface area contributed by atoms with E-state index in [2.05, 4.69) is 4.98 Å². The molecule has 106 valence electrons. The lowest BCUT2D eigenvalue weighted by Crippen LogP contribution is -1.95. The van der Waals surface area contributed by atoms with Gasteiger partial charge >= 0.3 is 0 Å². The molecule has 2 aromatic carbocycles. The highest BCUT2D eigenvalue weighted by molar-refractivity contribution is 6.30. The standard InChI is InChI=1S/C17H14ClNO2/c18-15-3-1-2-12(7-15)11-21-16-5-4-14-6-13(10-20)9-19-17(14)8-16/h1-9,20H,10-11H2. The van der Waals surface area contributed by atoms with Crippen LogP contribution >= 0.6 is 11.6 Å². The minimum atomic E-state index is -0.00401. The van der Waals surface area contributed by atoms with E-state index in [0.29, 0.717) is 11.6 Å². The molecule has 3 rings (SSSR count). The molecule has 0 radical (unpaired) electrons. The lowest BCUT2D eigenvalue weighted by atomic mass is 10.1. The van der Waals surface area contributed by atoms with Gasteiger partial charge in [-0.1, -0.05) is 23.7 Å². The summed E-state index contributed by atoms with van der Waals surface area (Å²) in [4.78, 5) is 4.32. The van der Waals surface area contributed by atoms with Crippen LogP contribution in [0.5, 0.6) is 5.75 Å². The monoisotopic (exact) mass is 299 g/mol. The molecule has 0 spiro atoms. The molecule has 1 N–H and O–H groups in total. The van der Waals surface area contributed by atoms with Gasteiger partial charge in [0.2, 0.25) is 0 Å². The zero-order valence-electron chi connectivity index (χ0n) is 11.3. The van der Waals surface area contributed by atoms with Crippen molar-refractivity contribution in [3.05, 3.63) is 70.9 Å². The third kappa shape index (κ3) is 3.32.